The first-order chi connectivity index (χ1) is 18.5. The van der Waals surface area contributed by atoms with Crippen LogP contribution in [0.3, 0.4) is 0 Å². The van der Waals surface area contributed by atoms with E-state index in [4.69, 9.17) is 12.2 Å². The SMILES string of the molecule is Cc1c(/C=C2/SC(=S)N(C3CCS(=O)(=O)C3)C2=O)c(N2CCN(c3ccc(F)cc3)CC2)n(C)c(=O)c1C#N. The lowest BCUT2D eigenvalue weighted by atomic mass is 10.0. The normalized spacial score (nSPS) is 22.2. The van der Waals surface area contributed by atoms with Crippen LogP contribution in [0.2, 0.25) is 0 Å². The number of carbonyl (C=O) groups is 1. The molecule has 0 bridgehead atoms. The van der Waals surface area contributed by atoms with Gasteiger partial charge in [-0.05, 0) is 49.2 Å². The molecule has 3 fully saturated rings. The molecule has 0 radical (unpaired) electrons. The quantitative estimate of drug-likeness (QED) is 0.394. The summed E-state index contributed by atoms with van der Waals surface area (Å²) in [6, 6.07) is 7.81. The van der Waals surface area contributed by atoms with E-state index in [0.717, 1.165) is 17.4 Å². The van der Waals surface area contributed by atoms with Crippen molar-refractivity contribution in [3.05, 3.63) is 62.0 Å². The predicted molar refractivity (Wildman–Crippen MR) is 154 cm³/mol. The second-order valence-electron chi connectivity index (χ2n) is 9.77. The first-order valence-corrected chi connectivity index (χ1v) is 15.4. The van der Waals surface area contributed by atoms with E-state index in [1.165, 1.54) is 21.6 Å². The highest BCUT2D eigenvalue weighted by Gasteiger charge is 2.42. The number of hydrogen-bond acceptors (Lipinski definition) is 9. The summed E-state index contributed by atoms with van der Waals surface area (Å²) < 4.78 is 39.2. The van der Waals surface area contributed by atoms with Crippen LogP contribution in [-0.4, -0.2) is 71.8 Å². The number of thioether (sulfide) groups is 1. The largest absolute Gasteiger partial charge is 0.368 e. The molecule has 1 amide bonds. The molecule has 1 unspecified atom stereocenters. The molecule has 1 atom stereocenters. The van der Waals surface area contributed by atoms with Gasteiger partial charge < -0.3 is 9.80 Å². The van der Waals surface area contributed by atoms with Gasteiger partial charge in [0.1, 0.15) is 27.6 Å². The fraction of sp³-hybridized carbons (Fsp3) is 0.385. The maximum absolute atomic E-state index is 13.4. The molecule has 0 spiro atoms. The molecular formula is C26H26FN5O4S3. The van der Waals surface area contributed by atoms with Crippen molar-refractivity contribution in [2.24, 2.45) is 7.05 Å². The Kier molecular flexibility index (Phi) is 7.30. The third kappa shape index (κ3) is 5.08. The first kappa shape index (κ1) is 27.4. The maximum atomic E-state index is 13.4. The van der Waals surface area contributed by atoms with Gasteiger partial charge in [-0.25, -0.2) is 12.8 Å². The van der Waals surface area contributed by atoms with E-state index in [2.05, 4.69) is 4.90 Å². The second-order valence-corrected chi connectivity index (χ2v) is 13.7. The summed E-state index contributed by atoms with van der Waals surface area (Å²) in [4.78, 5) is 32.4. The molecular weight excluding hydrogens is 562 g/mol. The Bertz CT molecular complexity index is 1600. The van der Waals surface area contributed by atoms with E-state index in [9.17, 15) is 27.7 Å². The molecule has 0 N–H and O–H groups in total. The van der Waals surface area contributed by atoms with Crippen LogP contribution in [0, 0.1) is 24.1 Å². The molecule has 0 aliphatic carbocycles. The average molecular weight is 588 g/mol. The van der Waals surface area contributed by atoms with Crippen LogP contribution in [0.15, 0.2) is 34.0 Å². The average Bonchev–Trinajstić information content (AvgIpc) is 3.40. The molecule has 3 saturated heterocycles. The number of amides is 1. The zero-order valence-corrected chi connectivity index (χ0v) is 23.8. The highest BCUT2D eigenvalue weighted by Crippen LogP contribution is 2.38. The van der Waals surface area contributed by atoms with Crippen molar-refractivity contribution in [3.8, 4) is 6.07 Å². The van der Waals surface area contributed by atoms with Crippen LogP contribution in [-0.2, 0) is 21.7 Å². The van der Waals surface area contributed by atoms with Crippen LogP contribution >= 0.6 is 24.0 Å². The van der Waals surface area contributed by atoms with E-state index < -0.39 is 21.4 Å². The molecule has 9 nitrogen and oxygen atoms in total. The van der Waals surface area contributed by atoms with Gasteiger partial charge in [-0.2, -0.15) is 5.26 Å². The maximum Gasteiger partial charge on any atom is 0.270 e. The first-order valence-electron chi connectivity index (χ1n) is 12.4. The molecule has 3 aliphatic rings. The number of sulfone groups is 1. The Hall–Kier alpha value is -3.21. The van der Waals surface area contributed by atoms with Crippen LogP contribution in [0.5, 0.6) is 0 Å². The molecule has 204 valence electrons. The fourth-order valence-electron chi connectivity index (χ4n) is 5.33. The molecule has 13 heteroatoms. The number of rotatable bonds is 4. The van der Waals surface area contributed by atoms with E-state index in [1.54, 1.807) is 32.2 Å². The van der Waals surface area contributed by atoms with Crippen molar-refractivity contribution >= 4 is 61.6 Å². The molecule has 2 aromatic rings. The minimum atomic E-state index is -3.22. The number of halogens is 1. The highest BCUT2D eigenvalue weighted by molar-refractivity contribution is 8.26. The summed E-state index contributed by atoms with van der Waals surface area (Å²) in [5, 5.41) is 9.73. The van der Waals surface area contributed by atoms with Crippen LogP contribution in [0.1, 0.15) is 23.1 Å². The van der Waals surface area contributed by atoms with Crippen molar-refractivity contribution < 1.29 is 17.6 Å². The number of benzene rings is 1. The summed E-state index contributed by atoms with van der Waals surface area (Å²) in [6.07, 6.45) is 2.00. The minimum Gasteiger partial charge on any atom is -0.368 e. The molecule has 1 aromatic carbocycles. The summed E-state index contributed by atoms with van der Waals surface area (Å²) in [5.41, 5.74) is 1.51. The van der Waals surface area contributed by atoms with Crippen molar-refractivity contribution in [1.82, 2.24) is 9.47 Å². The number of nitriles is 1. The van der Waals surface area contributed by atoms with Gasteiger partial charge in [-0.1, -0.05) is 24.0 Å². The number of nitrogens with zero attached hydrogens (tertiary/aromatic N) is 5. The Morgan fingerprint density at radius 2 is 1.77 bits per heavy atom. The van der Waals surface area contributed by atoms with E-state index >= 15 is 0 Å². The number of hydrogen-bond donors (Lipinski definition) is 0. The van der Waals surface area contributed by atoms with Gasteiger partial charge in [-0.3, -0.25) is 19.1 Å². The third-order valence-corrected chi connectivity index (χ3v) is 10.5. The molecule has 39 heavy (non-hydrogen) atoms. The molecule has 5 rings (SSSR count). The van der Waals surface area contributed by atoms with E-state index in [1.807, 2.05) is 11.0 Å². The van der Waals surface area contributed by atoms with Gasteiger partial charge >= 0.3 is 0 Å². The Balaban J connectivity index is 1.50. The van der Waals surface area contributed by atoms with Crippen molar-refractivity contribution in [2.75, 3.05) is 47.5 Å². The molecule has 4 heterocycles. The summed E-state index contributed by atoms with van der Waals surface area (Å²) in [7, 11) is -1.61. The predicted octanol–water partition coefficient (Wildman–Crippen LogP) is 2.42. The lowest BCUT2D eigenvalue weighted by molar-refractivity contribution is -0.123. The van der Waals surface area contributed by atoms with Gasteiger partial charge in [0.15, 0.2) is 9.84 Å². The summed E-state index contributed by atoms with van der Waals surface area (Å²) in [6.45, 7) is 4.04. The van der Waals surface area contributed by atoms with Crippen LogP contribution in [0.4, 0.5) is 15.9 Å². The second kappa shape index (κ2) is 10.4. The number of piperazine rings is 1. The number of pyridine rings is 1. The van der Waals surface area contributed by atoms with Gasteiger partial charge in [0.05, 0.1) is 22.5 Å². The Labute approximate surface area is 235 Å². The zero-order valence-electron chi connectivity index (χ0n) is 21.4. The highest BCUT2D eigenvalue weighted by atomic mass is 32.2. The fourth-order valence-corrected chi connectivity index (χ4v) is 8.41. The van der Waals surface area contributed by atoms with E-state index in [0.29, 0.717) is 58.8 Å². The molecule has 0 saturated carbocycles. The lowest BCUT2D eigenvalue weighted by Crippen LogP contribution is -2.48. The third-order valence-electron chi connectivity index (χ3n) is 7.41. The summed E-state index contributed by atoms with van der Waals surface area (Å²) >= 11 is 6.56. The van der Waals surface area contributed by atoms with Crippen molar-refractivity contribution in [2.45, 2.75) is 19.4 Å². The van der Waals surface area contributed by atoms with Gasteiger partial charge in [0.2, 0.25) is 0 Å². The number of aromatic nitrogens is 1. The van der Waals surface area contributed by atoms with Crippen molar-refractivity contribution in [1.29, 1.82) is 5.26 Å². The van der Waals surface area contributed by atoms with Crippen LogP contribution < -0.4 is 15.4 Å². The topological polar surface area (TPSA) is 107 Å². The molecule has 1 aromatic heterocycles. The number of anilines is 2. The van der Waals surface area contributed by atoms with E-state index in [-0.39, 0.29) is 28.8 Å². The number of carbonyl (C=O) groups excluding carboxylic acids is 1. The zero-order chi connectivity index (χ0) is 28.1. The molecule has 3 aliphatic heterocycles. The smallest absolute Gasteiger partial charge is 0.270 e. The van der Waals surface area contributed by atoms with Crippen LogP contribution in [0.25, 0.3) is 6.08 Å². The standard InChI is InChI=1S/C26H26FN5O4S3/c1-16-20(13-22-25(34)32(26(37)38-22)19-7-12-39(35,36)15-19)23(29(2)24(33)21(16)14-28)31-10-8-30(9-11-31)18-5-3-17(27)4-6-18/h3-6,13,19H,7-12,15H2,1-2H3/b22-13+. The summed E-state index contributed by atoms with van der Waals surface area (Å²) in [5.74, 6) is -0.180. The lowest BCUT2D eigenvalue weighted by Gasteiger charge is -2.38. The van der Waals surface area contributed by atoms with Crippen molar-refractivity contribution in [3.63, 3.8) is 0 Å². The number of thiocarbonyl (C=S) groups is 1. The minimum absolute atomic E-state index is 0.00480. The van der Waals surface area contributed by atoms with Gasteiger partial charge in [-0.15, -0.1) is 0 Å². The Morgan fingerprint density at radius 3 is 2.36 bits per heavy atom. The monoisotopic (exact) mass is 587 g/mol. The van der Waals surface area contributed by atoms with Gasteiger partial charge in [0.25, 0.3) is 11.5 Å². The van der Waals surface area contributed by atoms with Gasteiger partial charge in [0, 0.05) is 44.5 Å². The Morgan fingerprint density at radius 1 is 1.13 bits per heavy atom.